The van der Waals surface area contributed by atoms with Crippen LogP contribution >= 0.6 is 48.8 Å². The van der Waals surface area contributed by atoms with Crippen molar-refractivity contribution in [3.05, 3.63) is 57.6 Å². The second-order valence-corrected chi connectivity index (χ2v) is 17.3. The standard InChI is InChI=1S/2C16H16N8O7S2.2Na/c2*1-23-13(19-21-22-23)12(32)5-4-33-15-10(14(28)24(15)11(5)16(29)30)18-7(25)3-8-17-6(20-31-8)2-9(26)27;;/h2*10,12,15,32H,2-4H2,1H3,(H,18,25)(H,26,27)(H,29,30);;/q;;2*+1/p-2/t2*10?,12?,15-;;/m11../s1. The molecule has 4 unspecified atom stereocenters. The van der Waals surface area contributed by atoms with Crippen LogP contribution in [0.5, 0.6) is 0 Å². The zero-order valence-corrected chi connectivity index (χ0v) is 42.9. The number of carboxylic acid groups (broad SMARTS) is 4. The monoisotopic (exact) mass is 1040 g/mol. The minimum absolute atomic E-state index is 0. The third-order valence-corrected chi connectivity index (χ3v) is 13.4. The van der Waals surface area contributed by atoms with Gasteiger partial charge in [-0.1, -0.05) is 10.3 Å². The number of β-lactam (4-membered cyclic amide) rings is 2. The van der Waals surface area contributed by atoms with Crippen molar-refractivity contribution in [2.45, 2.75) is 59.0 Å². The molecule has 6 atom stereocenters. The average molecular weight is 1040 g/mol. The number of nitrogens with one attached hydrogen (secondary N) is 2. The molecule has 4 aliphatic heterocycles. The Morgan fingerprint density at radius 2 is 1.06 bits per heavy atom. The van der Waals surface area contributed by atoms with E-state index in [1.54, 1.807) is 14.1 Å². The van der Waals surface area contributed by atoms with E-state index in [9.17, 15) is 48.6 Å². The van der Waals surface area contributed by atoms with Gasteiger partial charge in [0.25, 0.3) is 11.8 Å². The van der Waals surface area contributed by atoms with Gasteiger partial charge in [-0.3, -0.25) is 38.6 Å². The predicted molar refractivity (Wildman–Crippen MR) is 214 cm³/mol. The molecule has 4 aromatic heterocycles. The number of nitrogens with zero attached hydrogens (tertiary/aromatic N) is 14. The summed E-state index contributed by atoms with van der Waals surface area (Å²) in [4.78, 5) is 105. The summed E-state index contributed by atoms with van der Waals surface area (Å²) < 4.78 is 12.3. The third-order valence-electron chi connectivity index (χ3n) is 9.73. The van der Waals surface area contributed by atoms with Crippen molar-refractivity contribution in [3.63, 3.8) is 0 Å². The van der Waals surface area contributed by atoms with Crippen LogP contribution in [0.4, 0.5) is 0 Å². The number of thiol groups is 2. The number of aromatic nitrogens is 12. The Bertz CT molecular complexity index is 2550. The zero-order valence-electron chi connectivity index (χ0n) is 35.5. The van der Waals surface area contributed by atoms with E-state index in [4.69, 9.17) is 19.3 Å². The molecule has 30 nitrogen and oxygen atoms in total. The van der Waals surface area contributed by atoms with E-state index in [0.29, 0.717) is 22.8 Å². The first-order chi connectivity index (χ1) is 31.3. The Balaban J connectivity index is 0.000000247. The maximum Gasteiger partial charge on any atom is 1.00 e. The van der Waals surface area contributed by atoms with Gasteiger partial charge in [-0.05, 0) is 32.0 Å². The number of aliphatic carboxylic acids is 4. The maximum absolute atomic E-state index is 12.7. The normalized spacial score (nSPS) is 20.2. The van der Waals surface area contributed by atoms with Crippen molar-refractivity contribution < 1.29 is 127 Å². The molecule has 4 N–H and O–H groups in total. The molecular weight excluding hydrogens is 1010 g/mol. The van der Waals surface area contributed by atoms with Crippen LogP contribution in [0.3, 0.4) is 0 Å². The summed E-state index contributed by atoms with van der Waals surface area (Å²) in [5.74, 6) is -7.37. The summed E-state index contributed by atoms with van der Waals surface area (Å²) in [6, 6.07) is -1.95. The summed E-state index contributed by atoms with van der Waals surface area (Å²) in [5.41, 5.74) is -0.0558. The Labute approximate surface area is 443 Å². The fourth-order valence-corrected chi connectivity index (χ4v) is 10.7. The second kappa shape index (κ2) is 22.7. The molecule has 8 rings (SSSR count). The van der Waals surface area contributed by atoms with Crippen LogP contribution in [0, 0.1) is 0 Å². The first-order valence-electron chi connectivity index (χ1n) is 18.6. The van der Waals surface area contributed by atoms with Gasteiger partial charge in [0.2, 0.25) is 23.6 Å². The smallest absolute Gasteiger partial charge is 0.543 e. The Morgan fingerprint density at radius 1 is 0.691 bits per heavy atom. The number of fused-ring (bicyclic) bond motifs is 2. The third kappa shape index (κ3) is 11.4. The second-order valence-electron chi connectivity index (χ2n) is 14.1. The topological polar surface area (TPSA) is 419 Å². The van der Waals surface area contributed by atoms with E-state index in [1.165, 1.54) is 32.9 Å². The molecule has 0 spiro atoms. The molecule has 348 valence electrons. The van der Waals surface area contributed by atoms with Gasteiger partial charge >= 0.3 is 71.1 Å². The Kier molecular flexibility index (Phi) is 18.0. The van der Waals surface area contributed by atoms with E-state index in [2.05, 4.69) is 87.2 Å². The van der Waals surface area contributed by atoms with E-state index in [-0.39, 0.29) is 118 Å². The predicted octanol–water partition coefficient (Wildman–Crippen LogP) is -12.3. The first-order valence-corrected chi connectivity index (χ1v) is 21.7. The molecule has 4 aromatic rings. The molecule has 0 bridgehead atoms. The molecular formula is C32H30N16Na2O14S4. The van der Waals surface area contributed by atoms with Gasteiger partial charge in [-0.25, -0.2) is 9.36 Å². The first kappa shape index (κ1) is 54.0. The zero-order chi connectivity index (χ0) is 47.7. The molecule has 68 heavy (non-hydrogen) atoms. The molecule has 0 saturated carbocycles. The van der Waals surface area contributed by atoms with Crippen molar-refractivity contribution >= 4 is 96.3 Å². The molecule has 2 fully saturated rings. The molecule has 0 aliphatic carbocycles. The van der Waals surface area contributed by atoms with Gasteiger partial charge < -0.3 is 49.7 Å². The minimum Gasteiger partial charge on any atom is -0.543 e. The average Bonchev–Trinajstić information content (AvgIpc) is 4.09. The van der Waals surface area contributed by atoms with Crippen LogP contribution in [0.15, 0.2) is 31.6 Å². The number of tetrazole rings is 2. The Morgan fingerprint density at radius 3 is 1.37 bits per heavy atom. The van der Waals surface area contributed by atoms with Gasteiger partial charge in [-0.15, -0.1) is 33.7 Å². The number of carbonyl (C=O) groups is 8. The number of thioether (sulfide) groups is 2. The van der Waals surface area contributed by atoms with Gasteiger partial charge in [0.05, 0.1) is 33.8 Å². The van der Waals surface area contributed by atoms with Crippen molar-refractivity contribution in [1.82, 2.24) is 81.1 Å². The van der Waals surface area contributed by atoms with Gasteiger partial charge in [0, 0.05) is 25.6 Å². The number of aryl methyl sites for hydroxylation is 2. The summed E-state index contributed by atoms with van der Waals surface area (Å²) >= 11 is 11.4. The summed E-state index contributed by atoms with van der Waals surface area (Å²) in [5, 5.41) is 72.4. The van der Waals surface area contributed by atoms with Crippen LogP contribution in [-0.2, 0) is 78.1 Å². The molecule has 4 aliphatic rings. The van der Waals surface area contributed by atoms with E-state index in [0.717, 1.165) is 9.80 Å². The summed E-state index contributed by atoms with van der Waals surface area (Å²) in [6.07, 6.45) is -1.67. The van der Waals surface area contributed by atoms with Crippen LogP contribution in [0.1, 0.15) is 45.6 Å². The van der Waals surface area contributed by atoms with E-state index in [1.807, 2.05) is 0 Å². The maximum atomic E-state index is 12.7. The quantitative estimate of drug-likeness (QED) is 0.0345. The number of amides is 4. The Hall–Kier alpha value is -4.94. The van der Waals surface area contributed by atoms with Crippen molar-refractivity contribution in [3.8, 4) is 0 Å². The summed E-state index contributed by atoms with van der Waals surface area (Å²) in [6.45, 7) is 0. The SMILES string of the molecule is Cn1nnnc1C(S)C1=C(C(=O)[O-])N2C(=O)C(NC(=O)Cc3nc(CC(=O)O)no3)[C@H]2SC1.Cn1nnnc1C(S)C1=C(C(=O)[O-])N2C(=O)C(NC(=O)Cc3nc(CC(=O)O)no3)[C@H]2SC1.[Na+].[Na+]. The molecule has 36 heteroatoms. The van der Waals surface area contributed by atoms with Gasteiger partial charge in [0.1, 0.15) is 48.5 Å². The van der Waals surface area contributed by atoms with Crippen LogP contribution in [-0.4, -0.2) is 163 Å². The molecule has 4 amide bonds. The molecule has 8 heterocycles. The fourth-order valence-electron chi connectivity index (χ4n) is 6.79. The van der Waals surface area contributed by atoms with Crippen molar-refractivity contribution in [1.29, 1.82) is 0 Å². The van der Waals surface area contributed by atoms with E-state index >= 15 is 0 Å². The van der Waals surface area contributed by atoms with Crippen LogP contribution < -0.4 is 80.0 Å². The molecule has 0 radical (unpaired) electrons. The molecule has 2 saturated heterocycles. The summed E-state index contributed by atoms with van der Waals surface area (Å²) in [7, 11) is 3.15. The van der Waals surface area contributed by atoms with Gasteiger partial charge in [0.15, 0.2) is 23.3 Å². The van der Waals surface area contributed by atoms with Crippen molar-refractivity contribution in [2.75, 3.05) is 11.5 Å². The fraction of sp³-hybridized carbons (Fsp3) is 0.438. The number of hydrogen-bond acceptors (Lipinski definition) is 26. The van der Waals surface area contributed by atoms with Crippen molar-refractivity contribution in [2.24, 2.45) is 14.1 Å². The minimum atomic E-state index is -1.56. The number of rotatable bonds is 16. The van der Waals surface area contributed by atoms with Gasteiger partial charge in [-0.2, -0.15) is 35.2 Å². The van der Waals surface area contributed by atoms with Crippen LogP contribution in [0.2, 0.25) is 0 Å². The van der Waals surface area contributed by atoms with E-state index < -0.39 is 93.7 Å². The number of carboxylic acids is 4. The van der Waals surface area contributed by atoms with Crippen LogP contribution in [0.25, 0.3) is 0 Å². The number of hydrogen-bond donors (Lipinski definition) is 6. The largest absolute Gasteiger partial charge is 1.00 e. The number of carbonyl (C=O) groups excluding carboxylic acids is 6. The molecule has 0 aromatic carbocycles.